The Morgan fingerprint density at radius 1 is 0.556 bits per heavy atom. The molecule has 0 fully saturated rings. The Labute approximate surface area is 221 Å². The van der Waals surface area contributed by atoms with E-state index < -0.39 is 30.2 Å². The lowest BCUT2D eigenvalue weighted by Gasteiger charge is -2.22. The van der Waals surface area contributed by atoms with Crippen molar-refractivity contribution in [2.75, 3.05) is 0 Å². The average molecular weight is 469 g/mol. The minimum atomic E-state index is -0.503. The first-order chi connectivity index (χ1) is 21.6. The number of hydrogen-bond donors (Lipinski definition) is 0. The molecule has 36 heavy (non-hydrogen) atoms. The number of hydrogen-bond acceptors (Lipinski definition) is 1. The molecule has 0 saturated carbocycles. The maximum Gasteiger partial charge on any atom is 0.135 e. The zero-order valence-corrected chi connectivity index (χ0v) is 18.8. The molecule has 2 heterocycles. The van der Waals surface area contributed by atoms with Crippen molar-refractivity contribution in [1.29, 1.82) is 0 Å². The summed E-state index contributed by atoms with van der Waals surface area (Å²) in [6.07, 6.45) is 0. The summed E-state index contributed by atoms with van der Waals surface area (Å²) in [6, 6.07) is 18.4. The molecule has 8 rings (SSSR count). The summed E-state index contributed by atoms with van der Waals surface area (Å²) >= 11 is 0. The highest BCUT2D eigenvalue weighted by molar-refractivity contribution is 6.11. The summed E-state index contributed by atoms with van der Waals surface area (Å²) in [4.78, 5) is 0. The number of nitrogens with zero attached hydrogens (tertiary/aromatic N) is 1. The van der Waals surface area contributed by atoms with Crippen molar-refractivity contribution in [2.24, 2.45) is 0 Å². The zero-order valence-electron chi connectivity index (χ0n) is 27.8. The van der Waals surface area contributed by atoms with Crippen molar-refractivity contribution in [3.63, 3.8) is 0 Å². The summed E-state index contributed by atoms with van der Waals surface area (Å²) < 4.78 is 88.8. The van der Waals surface area contributed by atoms with Gasteiger partial charge >= 0.3 is 0 Å². The van der Waals surface area contributed by atoms with Gasteiger partial charge in [0.15, 0.2) is 0 Å². The molecule has 0 spiro atoms. The first-order valence-corrected chi connectivity index (χ1v) is 11.6. The predicted octanol–water partition coefficient (Wildman–Crippen LogP) is 9.38. The van der Waals surface area contributed by atoms with Gasteiger partial charge in [0.1, 0.15) is 11.5 Å². The second-order valence-electron chi connectivity index (χ2n) is 8.65. The fourth-order valence-corrected chi connectivity index (χ4v) is 5.14. The lowest BCUT2D eigenvalue weighted by Crippen LogP contribution is -1.98. The van der Waals surface area contributed by atoms with Crippen LogP contribution in [0.15, 0.2) is 127 Å². The van der Waals surface area contributed by atoms with Gasteiger partial charge in [0, 0.05) is 27.4 Å². The lowest BCUT2D eigenvalue weighted by atomic mass is 9.90. The van der Waals surface area contributed by atoms with E-state index in [0.717, 1.165) is 10.8 Å². The summed E-state index contributed by atoms with van der Waals surface area (Å²) in [5, 5.41) is 1.91. The van der Waals surface area contributed by atoms with E-state index in [1.807, 2.05) is 48.5 Å². The van der Waals surface area contributed by atoms with Crippen molar-refractivity contribution in [1.82, 2.24) is 4.57 Å². The molecule has 0 atom stereocenters. The Morgan fingerprint density at radius 2 is 1.28 bits per heavy atom. The highest BCUT2D eigenvalue weighted by Gasteiger charge is 2.21. The Balaban J connectivity index is 1.58. The molecule has 168 valence electrons. The SMILES string of the molecule is [2H]c1c([2H])c(-c2c([2H])c([2H])c3c4c(c([2H])c([2H])c([2H])c24)-c2ccccc2O3)c([2H])c(-n2c3ccccc3c3ccccc32)c1[2H]. The molecule has 0 radical (unpaired) electrons. The van der Waals surface area contributed by atoms with Crippen molar-refractivity contribution in [3.8, 4) is 39.4 Å². The molecule has 0 unspecified atom stereocenters. The van der Waals surface area contributed by atoms with Gasteiger partial charge in [-0.3, -0.25) is 0 Å². The second-order valence-corrected chi connectivity index (χ2v) is 8.65. The largest absolute Gasteiger partial charge is 0.456 e. The first-order valence-electron chi connectivity index (χ1n) is 16.1. The zero-order chi connectivity index (χ0) is 31.5. The van der Waals surface area contributed by atoms with E-state index in [1.165, 1.54) is 0 Å². The second kappa shape index (κ2) is 7.34. The smallest absolute Gasteiger partial charge is 0.135 e. The first kappa shape index (κ1) is 12.8. The molecule has 7 aromatic rings. The van der Waals surface area contributed by atoms with Crippen LogP contribution in [0, 0.1) is 0 Å². The molecular weight excluding hydrogens is 438 g/mol. The summed E-state index contributed by atoms with van der Waals surface area (Å²) in [7, 11) is 0. The summed E-state index contributed by atoms with van der Waals surface area (Å²) in [5.74, 6) is 0.305. The van der Waals surface area contributed by atoms with Gasteiger partial charge in [0.25, 0.3) is 0 Å². The number of benzene rings is 6. The Hall–Kier alpha value is -4.82. The third kappa shape index (κ3) is 2.67. The Morgan fingerprint density at radius 3 is 2.11 bits per heavy atom. The van der Waals surface area contributed by atoms with E-state index in [-0.39, 0.29) is 63.1 Å². The van der Waals surface area contributed by atoms with Crippen LogP contribution in [0.2, 0.25) is 0 Å². The number of rotatable bonds is 2. The van der Waals surface area contributed by atoms with Crippen LogP contribution in [0.5, 0.6) is 11.5 Å². The minimum Gasteiger partial charge on any atom is -0.456 e. The van der Waals surface area contributed by atoms with Gasteiger partial charge in [-0.2, -0.15) is 0 Å². The number of fused-ring (bicyclic) bond motifs is 5. The summed E-state index contributed by atoms with van der Waals surface area (Å²) in [5.41, 5.74) is 1.80. The van der Waals surface area contributed by atoms with Crippen LogP contribution in [-0.2, 0) is 0 Å². The highest BCUT2D eigenvalue weighted by atomic mass is 16.5. The average Bonchev–Trinajstić information content (AvgIpc) is 3.38. The van der Waals surface area contributed by atoms with Crippen LogP contribution in [0.3, 0.4) is 0 Å². The van der Waals surface area contributed by atoms with Crippen molar-refractivity contribution in [3.05, 3.63) is 127 Å². The van der Waals surface area contributed by atoms with Crippen LogP contribution >= 0.6 is 0 Å². The van der Waals surface area contributed by atoms with Gasteiger partial charge < -0.3 is 9.30 Å². The third-order valence-corrected chi connectivity index (χ3v) is 6.69. The topological polar surface area (TPSA) is 14.2 Å². The van der Waals surface area contributed by atoms with E-state index in [0.29, 0.717) is 22.3 Å². The van der Waals surface area contributed by atoms with Crippen LogP contribution in [0.25, 0.3) is 60.5 Å². The van der Waals surface area contributed by atoms with Crippen LogP contribution in [0.4, 0.5) is 0 Å². The van der Waals surface area contributed by atoms with Crippen LogP contribution in [0.1, 0.15) is 12.3 Å². The molecular formula is C34H21NO. The maximum atomic E-state index is 9.52. The molecule has 2 heteroatoms. The standard InChI is InChI=1S/C34H21NO/c1-4-16-30-25(11-1)26-12-2-5-17-31(26)35(30)23-10-7-9-22(21-23)24-19-20-33-34-28(24)14-8-15-29(34)27-13-3-6-18-32(27)36-33/h1-21H/i7D,8D,9D,10D,14D,15D,19D,20D,21D. The Bertz CT molecular complexity index is 2410. The fourth-order valence-electron chi connectivity index (χ4n) is 5.14. The molecule has 1 aliphatic rings. The van der Waals surface area contributed by atoms with Gasteiger partial charge in [0.05, 0.1) is 23.4 Å². The van der Waals surface area contributed by atoms with Gasteiger partial charge in [-0.15, -0.1) is 0 Å². The van der Waals surface area contributed by atoms with Crippen LogP contribution < -0.4 is 4.74 Å². The number of para-hydroxylation sites is 3. The minimum absolute atomic E-state index is 0.0104. The van der Waals surface area contributed by atoms with E-state index in [2.05, 4.69) is 0 Å². The molecule has 6 aromatic carbocycles. The molecule has 0 N–H and O–H groups in total. The van der Waals surface area contributed by atoms with Crippen molar-refractivity contribution in [2.45, 2.75) is 0 Å². The van der Waals surface area contributed by atoms with Gasteiger partial charge in [-0.05, 0) is 58.4 Å². The molecule has 0 bridgehead atoms. The third-order valence-electron chi connectivity index (χ3n) is 6.69. The van der Waals surface area contributed by atoms with E-state index >= 15 is 0 Å². The van der Waals surface area contributed by atoms with E-state index in [4.69, 9.17) is 15.7 Å². The molecule has 2 nitrogen and oxygen atoms in total. The molecule has 0 amide bonds. The normalized spacial score (nSPS) is 15.6. The van der Waals surface area contributed by atoms with Crippen molar-refractivity contribution < 1.29 is 17.1 Å². The highest BCUT2D eigenvalue weighted by Crippen LogP contribution is 2.48. The molecule has 0 aliphatic carbocycles. The fraction of sp³-hybridized carbons (Fsp3) is 0. The van der Waals surface area contributed by atoms with E-state index in [9.17, 15) is 1.37 Å². The maximum absolute atomic E-state index is 9.52. The molecule has 1 aliphatic heterocycles. The number of aromatic nitrogens is 1. The van der Waals surface area contributed by atoms with Gasteiger partial charge in [-0.25, -0.2) is 0 Å². The van der Waals surface area contributed by atoms with Crippen molar-refractivity contribution >= 4 is 32.6 Å². The van der Waals surface area contributed by atoms with E-state index in [1.54, 1.807) is 28.8 Å². The lowest BCUT2D eigenvalue weighted by molar-refractivity contribution is 0.487. The Kier molecular flexibility index (Phi) is 2.60. The van der Waals surface area contributed by atoms with Gasteiger partial charge in [0.2, 0.25) is 0 Å². The molecule has 1 aromatic heterocycles. The quantitative estimate of drug-likeness (QED) is 0.246. The van der Waals surface area contributed by atoms with Crippen LogP contribution in [-0.4, -0.2) is 4.57 Å². The van der Waals surface area contributed by atoms with Gasteiger partial charge in [-0.1, -0.05) is 90.9 Å². The monoisotopic (exact) mass is 468 g/mol. The number of ether oxygens (including phenoxy) is 1. The molecule has 0 saturated heterocycles. The predicted molar refractivity (Wildman–Crippen MR) is 149 cm³/mol. The summed E-state index contributed by atoms with van der Waals surface area (Å²) in [6.45, 7) is 0.